The van der Waals surface area contributed by atoms with Gasteiger partial charge in [0.1, 0.15) is 6.04 Å². The van der Waals surface area contributed by atoms with Crippen molar-refractivity contribution in [3.8, 4) is 0 Å². The van der Waals surface area contributed by atoms with E-state index < -0.39 is 16.1 Å². The van der Waals surface area contributed by atoms with Crippen LogP contribution in [-0.2, 0) is 26.2 Å². The van der Waals surface area contributed by atoms with E-state index in [4.69, 9.17) is 23.2 Å². The number of hydrogen-bond donors (Lipinski definition) is 1. The van der Waals surface area contributed by atoms with E-state index in [0.29, 0.717) is 21.3 Å². The number of benzene rings is 2. The molecule has 1 fully saturated rings. The average molecular weight is 583 g/mol. The number of anilines is 1. The van der Waals surface area contributed by atoms with Crippen LogP contribution in [0.3, 0.4) is 0 Å². The first-order valence-electron chi connectivity index (χ1n) is 13.0. The van der Waals surface area contributed by atoms with Gasteiger partial charge in [-0.2, -0.15) is 0 Å². The van der Waals surface area contributed by atoms with Gasteiger partial charge in [-0.05, 0) is 75.4 Å². The lowest BCUT2D eigenvalue weighted by Gasteiger charge is -2.31. The highest BCUT2D eigenvalue weighted by Gasteiger charge is 2.29. The van der Waals surface area contributed by atoms with Crippen molar-refractivity contribution in [1.29, 1.82) is 0 Å². The Labute approximate surface area is 236 Å². The molecule has 1 aliphatic rings. The number of rotatable bonds is 11. The van der Waals surface area contributed by atoms with Crippen LogP contribution in [0.2, 0.25) is 10.0 Å². The maximum absolute atomic E-state index is 13.5. The van der Waals surface area contributed by atoms with Crippen LogP contribution < -0.4 is 9.62 Å². The summed E-state index contributed by atoms with van der Waals surface area (Å²) < 4.78 is 26.4. The summed E-state index contributed by atoms with van der Waals surface area (Å²) in [5, 5.41) is 3.90. The standard InChI is InChI=1S/C28H37Cl2N3O4S/c1-19-14-15-23(17-20(19)2)33(38(4,36)37)16-8-13-27(34)32(18-24-25(29)11-7-12-26(24)30)21(3)28(35)31-22-9-5-6-10-22/h7,11-12,14-15,17,21-22H,5-6,8-10,13,16,18H2,1-4H3,(H,31,35). The van der Waals surface area contributed by atoms with E-state index in [2.05, 4.69) is 5.32 Å². The second kappa shape index (κ2) is 13.2. The highest BCUT2D eigenvalue weighted by Crippen LogP contribution is 2.28. The summed E-state index contributed by atoms with van der Waals surface area (Å²) in [7, 11) is -3.56. The van der Waals surface area contributed by atoms with Crippen LogP contribution in [0.25, 0.3) is 0 Å². The highest BCUT2D eigenvalue weighted by atomic mass is 35.5. The SMILES string of the molecule is Cc1ccc(N(CCCC(=O)N(Cc2c(Cl)cccc2Cl)C(C)C(=O)NC2CCCC2)S(C)(=O)=O)cc1C. The lowest BCUT2D eigenvalue weighted by Crippen LogP contribution is -2.49. The topological polar surface area (TPSA) is 86.8 Å². The molecular weight excluding hydrogens is 545 g/mol. The second-order valence-corrected chi connectivity index (χ2v) is 12.8. The average Bonchev–Trinajstić information content (AvgIpc) is 3.35. The van der Waals surface area contributed by atoms with E-state index in [1.807, 2.05) is 26.0 Å². The highest BCUT2D eigenvalue weighted by molar-refractivity contribution is 7.92. The number of hydrogen-bond acceptors (Lipinski definition) is 4. The molecule has 208 valence electrons. The molecule has 0 radical (unpaired) electrons. The zero-order valence-electron chi connectivity index (χ0n) is 22.5. The fraction of sp³-hybridized carbons (Fsp3) is 0.500. The van der Waals surface area contributed by atoms with Crippen LogP contribution in [0.1, 0.15) is 62.1 Å². The summed E-state index contributed by atoms with van der Waals surface area (Å²) in [5.41, 5.74) is 3.18. The second-order valence-electron chi connectivity index (χ2n) is 10.1. The minimum atomic E-state index is -3.56. The van der Waals surface area contributed by atoms with Crippen molar-refractivity contribution in [1.82, 2.24) is 10.2 Å². The summed E-state index contributed by atoms with van der Waals surface area (Å²) in [6.07, 6.45) is 5.52. The van der Waals surface area contributed by atoms with Gasteiger partial charge in [0.2, 0.25) is 21.8 Å². The Kier molecular flexibility index (Phi) is 10.5. The monoisotopic (exact) mass is 581 g/mol. The predicted octanol–water partition coefficient (Wildman–Crippen LogP) is 5.63. The number of nitrogens with zero attached hydrogens (tertiary/aromatic N) is 2. The molecule has 1 aliphatic carbocycles. The van der Waals surface area contributed by atoms with Gasteiger partial charge in [-0.1, -0.05) is 48.2 Å². The number of halogens is 2. The van der Waals surface area contributed by atoms with E-state index in [1.54, 1.807) is 31.2 Å². The number of carbonyl (C=O) groups is 2. The van der Waals surface area contributed by atoms with Gasteiger partial charge >= 0.3 is 0 Å². The molecule has 2 aromatic rings. The summed E-state index contributed by atoms with van der Waals surface area (Å²) in [5.74, 6) is -0.495. The van der Waals surface area contributed by atoms with E-state index >= 15 is 0 Å². The van der Waals surface area contributed by atoms with Crippen LogP contribution >= 0.6 is 23.2 Å². The molecule has 10 heteroatoms. The Balaban J connectivity index is 1.77. The fourth-order valence-electron chi connectivity index (χ4n) is 4.71. The van der Waals surface area contributed by atoms with Crippen molar-refractivity contribution >= 4 is 50.7 Å². The number of carbonyl (C=O) groups excluding carboxylic acids is 2. The van der Waals surface area contributed by atoms with Crippen LogP contribution in [-0.4, -0.2) is 50.0 Å². The van der Waals surface area contributed by atoms with Crippen molar-refractivity contribution in [3.05, 3.63) is 63.1 Å². The van der Waals surface area contributed by atoms with Gasteiger partial charge in [0.05, 0.1) is 11.9 Å². The van der Waals surface area contributed by atoms with Gasteiger partial charge < -0.3 is 10.2 Å². The van der Waals surface area contributed by atoms with E-state index in [-0.39, 0.29) is 43.8 Å². The summed E-state index contributed by atoms with van der Waals surface area (Å²) in [6.45, 7) is 5.80. The van der Waals surface area contributed by atoms with Gasteiger partial charge in [-0.3, -0.25) is 13.9 Å². The van der Waals surface area contributed by atoms with Crippen LogP contribution in [0.5, 0.6) is 0 Å². The van der Waals surface area contributed by atoms with E-state index in [0.717, 1.165) is 43.1 Å². The molecule has 1 atom stereocenters. The van der Waals surface area contributed by atoms with Crippen LogP contribution in [0, 0.1) is 13.8 Å². The van der Waals surface area contributed by atoms with Gasteiger partial charge in [0, 0.05) is 41.2 Å². The number of aryl methyl sites for hydroxylation is 2. The first kappa shape index (κ1) is 30.3. The molecule has 1 unspecified atom stereocenters. The van der Waals surface area contributed by atoms with Gasteiger partial charge in [-0.15, -0.1) is 0 Å². The molecule has 0 aliphatic heterocycles. The predicted molar refractivity (Wildman–Crippen MR) is 154 cm³/mol. The first-order valence-corrected chi connectivity index (χ1v) is 15.6. The van der Waals surface area contributed by atoms with Gasteiger partial charge in [-0.25, -0.2) is 8.42 Å². The molecule has 1 N–H and O–H groups in total. The summed E-state index contributed by atoms with van der Waals surface area (Å²) in [4.78, 5) is 28.1. The minimum Gasteiger partial charge on any atom is -0.352 e. The number of nitrogens with one attached hydrogen (secondary N) is 1. The van der Waals surface area contributed by atoms with Crippen molar-refractivity contribution in [2.24, 2.45) is 0 Å². The van der Waals surface area contributed by atoms with E-state index in [9.17, 15) is 18.0 Å². The Hall–Kier alpha value is -2.29. The molecular formula is C28H37Cl2N3O4S. The maximum atomic E-state index is 13.5. The van der Waals surface area contributed by atoms with E-state index in [1.165, 1.54) is 9.21 Å². The molecule has 0 saturated heterocycles. The maximum Gasteiger partial charge on any atom is 0.242 e. The molecule has 2 amide bonds. The molecule has 38 heavy (non-hydrogen) atoms. The first-order chi connectivity index (χ1) is 17.9. The van der Waals surface area contributed by atoms with Crippen molar-refractivity contribution < 1.29 is 18.0 Å². The third kappa shape index (κ3) is 7.87. The Bertz CT molecular complexity index is 1240. The van der Waals surface area contributed by atoms with Crippen molar-refractivity contribution in [2.45, 2.75) is 77.9 Å². The lowest BCUT2D eigenvalue weighted by atomic mass is 10.1. The Morgan fingerprint density at radius 1 is 1.05 bits per heavy atom. The molecule has 7 nitrogen and oxygen atoms in total. The van der Waals surface area contributed by atoms with Gasteiger partial charge in [0.15, 0.2) is 0 Å². The summed E-state index contributed by atoms with van der Waals surface area (Å²) in [6, 6.07) is 9.97. The molecule has 2 aromatic carbocycles. The zero-order valence-corrected chi connectivity index (χ0v) is 24.8. The molecule has 0 bridgehead atoms. The zero-order chi connectivity index (χ0) is 28.0. The Morgan fingerprint density at radius 3 is 2.26 bits per heavy atom. The number of amides is 2. The molecule has 0 heterocycles. The third-order valence-corrected chi connectivity index (χ3v) is 9.09. The van der Waals surface area contributed by atoms with Gasteiger partial charge in [0.25, 0.3) is 0 Å². The molecule has 0 aromatic heterocycles. The Morgan fingerprint density at radius 2 is 1.68 bits per heavy atom. The normalized spacial score (nSPS) is 14.8. The third-order valence-electron chi connectivity index (χ3n) is 7.19. The molecule has 3 rings (SSSR count). The quantitative estimate of drug-likeness (QED) is 0.372. The molecule has 0 spiro atoms. The lowest BCUT2D eigenvalue weighted by molar-refractivity contribution is -0.140. The number of sulfonamides is 1. The summed E-state index contributed by atoms with van der Waals surface area (Å²) >= 11 is 12.8. The van der Waals surface area contributed by atoms with Crippen LogP contribution in [0.15, 0.2) is 36.4 Å². The minimum absolute atomic E-state index is 0.0555. The van der Waals surface area contributed by atoms with Crippen molar-refractivity contribution in [2.75, 3.05) is 17.1 Å². The van der Waals surface area contributed by atoms with Crippen LogP contribution in [0.4, 0.5) is 5.69 Å². The van der Waals surface area contributed by atoms with Crippen molar-refractivity contribution in [3.63, 3.8) is 0 Å². The largest absolute Gasteiger partial charge is 0.352 e. The molecule has 1 saturated carbocycles. The smallest absolute Gasteiger partial charge is 0.242 e. The fourth-order valence-corrected chi connectivity index (χ4v) is 6.19.